The zero-order valence-electron chi connectivity index (χ0n) is 11.4. The second-order valence-electron chi connectivity index (χ2n) is 4.53. The van der Waals surface area contributed by atoms with Crippen LogP contribution in [0.1, 0.15) is 18.2 Å². The number of pyridine rings is 1. The molecule has 1 aromatic carbocycles. The fourth-order valence-electron chi connectivity index (χ4n) is 1.82. The van der Waals surface area contributed by atoms with Crippen molar-refractivity contribution in [1.29, 1.82) is 0 Å². The Hall–Kier alpha value is -1.89. The van der Waals surface area contributed by atoms with Gasteiger partial charge >= 0.3 is 12.1 Å². The number of hydrogen-bond donors (Lipinski definition) is 0. The van der Waals surface area contributed by atoms with Gasteiger partial charge in [0.15, 0.2) is 0 Å². The van der Waals surface area contributed by atoms with Crippen molar-refractivity contribution in [3.05, 3.63) is 52.3 Å². The molecule has 2 rings (SSSR count). The first-order valence-electron chi connectivity index (χ1n) is 6.23. The topological polar surface area (TPSA) is 39.2 Å². The maximum atomic E-state index is 12.6. The van der Waals surface area contributed by atoms with E-state index in [1.165, 1.54) is 19.1 Å². The molecule has 0 saturated heterocycles. The normalized spacial score (nSPS) is 11.3. The van der Waals surface area contributed by atoms with Gasteiger partial charge in [-0.05, 0) is 51.3 Å². The van der Waals surface area contributed by atoms with Crippen LogP contribution in [0.5, 0.6) is 0 Å². The van der Waals surface area contributed by atoms with Crippen LogP contribution in [0.3, 0.4) is 0 Å². The summed E-state index contributed by atoms with van der Waals surface area (Å²) < 4.78 is 43.1. The first kappa shape index (κ1) is 16.5. The highest BCUT2D eigenvalue weighted by molar-refractivity contribution is 9.10. The standard InChI is InChI=1S/C15H11BrF3NO2/c1-9(21)22-8-13-6-11(7-14(16)20-13)10-2-4-12(5-3-10)15(17,18)19/h2-7H,8H2,1H3. The van der Waals surface area contributed by atoms with Gasteiger partial charge in [-0.3, -0.25) is 4.79 Å². The number of aromatic nitrogens is 1. The summed E-state index contributed by atoms with van der Waals surface area (Å²) in [5, 5.41) is 0. The number of nitrogens with zero attached hydrogens (tertiary/aromatic N) is 1. The highest BCUT2D eigenvalue weighted by Crippen LogP contribution is 2.31. The Kier molecular flexibility index (Phi) is 4.85. The minimum absolute atomic E-state index is 0.00239. The van der Waals surface area contributed by atoms with E-state index in [1.54, 1.807) is 12.1 Å². The van der Waals surface area contributed by atoms with Crippen LogP contribution < -0.4 is 0 Å². The van der Waals surface area contributed by atoms with Crippen molar-refractivity contribution in [3.63, 3.8) is 0 Å². The minimum Gasteiger partial charge on any atom is -0.459 e. The molecule has 2 aromatic rings. The molecule has 0 aliphatic heterocycles. The highest BCUT2D eigenvalue weighted by Gasteiger charge is 2.29. The molecule has 0 fully saturated rings. The summed E-state index contributed by atoms with van der Waals surface area (Å²) in [6, 6.07) is 8.17. The van der Waals surface area contributed by atoms with E-state index in [1.807, 2.05) is 0 Å². The largest absolute Gasteiger partial charge is 0.459 e. The van der Waals surface area contributed by atoms with E-state index < -0.39 is 17.7 Å². The van der Waals surface area contributed by atoms with E-state index in [0.717, 1.165) is 12.1 Å². The lowest BCUT2D eigenvalue weighted by atomic mass is 10.0. The van der Waals surface area contributed by atoms with Gasteiger partial charge in [-0.15, -0.1) is 0 Å². The lowest BCUT2D eigenvalue weighted by Crippen LogP contribution is -2.04. The van der Waals surface area contributed by atoms with Crippen molar-refractivity contribution in [1.82, 2.24) is 4.98 Å². The van der Waals surface area contributed by atoms with Gasteiger partial charge in [-0.1, -0.05) is 12.1 Å². The molecular formula is C15H11BrF3NO2. The van der Waals surface area contributed by atoms with Crippen LogP contribution in [0.4, 0.5) is 13.2 Å². The summed E-state index contributed by atoms with van der Waals surface area (Å²) in [6.07, 6.45) is -4.36. The Morgan fingerprint density at radius 1 is 1.18 bits per heavy atom. The lowest BCUT2D eigenvalue weighted by Gasteiger charge is -2.09. The van der Waals surface area contributed by atoms with Crippen LogP contribution in [0.2, 0.25) is 0 Å². The zero-order valence-corrected chi connectivity index (χ0v) is 13.0. The first-order valence-corrected chi connectivity index (χ1v) is 7.02. The molecule has 0 unspecified atom stereocenters. The van der Waals surface area contributed by atoms with Crippen LogP contribution >= 0.6 is 15.9 Å². The van der Waals surface area contributed by atoms with Crippen molar-refractivity contribution < 1.29 is 22.7 Å². The Bertz CT molecular complexity index is 684. The van der Waals surface area contributed by atoms with E-state index in [-0.39, 0.29) is 6.61 Å². The molecule has 0 aliphatic carbocycles. The molecule has 1 heterocycles. The van der Waals surface area contributed by atoms with Crippen LogP contribution in [0, 0.1) is 0 Å². The maximum Gasteiger partial charge on any atom is 0.416 e. The van der Waals surface area contributed by atoms with Crippen LogP contribution in [-0.2, 0) is 22.3 Å². The van der Waals surface area contributed by atoms with Gasteiger partial charge in [0.1, 0.15) is 11.2 Å². The number of esters is 1. The number of carbonyl (C=O) groups excluding carboxylic acids is 1. The predicted octanol–water partition coefficient (Wildman–Crippen LogP) is 4.59. The molecule has 0 bridgehead atoms. The summed E-state index contributed by atoms with van der Waals surface area (Å²) in [6.45, 7) is 1.29. The first-order chi connectivity index (χ1) is 10.3. The Balaban J connectivity index is 2.30. The van der Waals surface area contributed by atoms with Gasteiger partial charge in [0.25, 0.3) is 0 Å². The molecule has 0 spiro atoms. The molecule has 0 N–H and O–H groups in total. The third kappa shape index (κ3) is 4.30. The van der Waals surface area contributed by atoms with E-state index in [9.17, 15) is 18.0 Å². The number of benzene rings is 1. The highest BCUT2D eigenvalue weighted by atomic mass is 79.9. The van der Waals surface area contributed by atoms with Gasteiger partial charge in [-0.25, -0.2) is 4.98 Å². The fraction of sp³-hybridized carbons (Fsp3) is 0.200. The predicted molar refractivity (Wildman–Crippen MR) is 77.8 cm³/mol. The molecule has 0 radical (unpaired) electrons. The third-order valence-electron chi connectivity index (χ3n) is 2.82. The summed E-state index contributed by atoms with van der Waals surface area (Å²) >= 11 is 3.23. The minimum atomic E-state index is -4.36. The van der Waals surface area contributed by atoms with E-state index in [2.05, 4.69) is 20.9 Å². The van der Waals surface area contributed by atoms with Crippen LogP contribution in [0.15, 0.2) is 41.0 Å². The van der Waals surface area contributed by atoms with Crippen molar-refractivity contribution in [2.45, 2.75) is 19.7 Å². The summed E-state index contributed by atoms with van der Waals surface area (Å²) in [4.78, 5) is 15.0. The molecule has 22 heavy (non-hydrogen) atoms. The molecule has 0 aliphatic rings. The number of halogens is 4. The zero-order chi connectivity index (χ0) is 16.3. The number of rotatable bonds is 3. The molecular weight excluding hydrogens is 363 g/mol. The molecule has 0 amide bonds. The van der Waals surface area contributed by atoms with Gasteiger partial charge in [-0.2, -0.15) is 13.2 Å². The Morgan fingerprint density at radius 3 is 2.36 bits per heavy atom. The fourth-order valence-corrected chi connectivity index (χ4v) is 2.29. The molecule has 0 atom stereocenters. The Labute approximate surface area is 133 Å². The van der Waals surface area contributed by atoms with E-state index in [0.29, 0.717) is 21.4 Å². The summed E-state index contributed by atoms with van der Waals surface area (Å²) in [5.74, 6) is -0.433. The van der Waals surface area contributed by atoms with Crippen molar-refractivity contribution in [3.8, 4) is 11.1 Å². The van der Waals surface area contributed by atoms with Gasteiger partial charge in [0, 0.05) is 6.92 Å². The van der Waals surface area contributed by atoms with Crippen LogP contribution in [0.25, 0.3) is 11.1 Å². The molecule has 0 saturated carbocycles. The SMILES string of the molecule is CC(=O)OCc1cc(-c2ccc(C(F)(F)F)cc2)cc(Br)n1. The second kappa shape index (κ2) is 6.48. The van der Waals surface area contributed by atoms with Gasteiger partial charge in [0.05, 0.1) is 11.3 Å². The Morgan fingerprint density at radius 2 is 1.82 bits per heavy atom. The second-order valence-corrected chi connectivity index (χ2v) is 5.34. The average Bonchev–Trinajstić information content (AvgIpc) is 2.44. The number of hydrogen-bond acceptors (Lipinski definition) is 3. The molecule has 7 heteroatoms. The van der Waals surface area contributed by atoms with Crippen molar-refractivity contribution >= 4 is 21.9 Å². The lowest BCUT2D eigenvalue weighted by molar-refractivity contribution is -0.142. The number of alkyl halides is 3. The maximum absolute atomic E-state index is 12.6. The van der Waals surface area contributed by atoms with Crippen LogP contribution in [-0.4, -0.2) is 11.0 Å². The van der Waals surface area contributed by atoms with E-state index in [4.69, 9.17) is 4.74 Å². The summed E-state index contributed by atoms with van der Waals surface area (Å²) in [5.41, 5.74) is 1.09. The van der Waals surface area contributed by atoms with Crippen molar-refractivity contribution in [2.24, 2.45) is 0 Å². The number of ether oxygens (including phenoxy) is 1. The van der Waals surface area contributed by atoms with Gasteiger partial charge in [0.2, 0.25) is 0 Å². The summed E-state index contributed by atoms with van der Waals surface area (Å²) in [7, 11) is 0. The van der Waals surface area contributed by atoms with E-state index >= 15 is 0 Å². The monoisotopic (exact) mass is 373 g/mol. The molecule has 1 aromatic heterocycles. The smallest absolute Gasteiger partial charge is 0.416 e. The quantitative estimate of drug-likeness (QED) is 0.583. The van der Waals surface area contributed by atoms with Crippen molar-refractivity contribution in [2.75, 3.05) is 0 Å². The molecule has 3 nitrogen and oxygen atoms in total. The molecule has 116 valence electrons. The average molecular weight is 374 g/mol. The third-order valence-corrected chi connectivity index (χ3v) is 3.22. The number of carbonyl (C=O) groups is 1. The van der Waals surface area contributed by atoms with Gasteiger partial charge < -0.3 is 4.74 Å².